The summed E-state index contributed by atoms with van der Waals surface area (Å²) in [4.78, 5) is 0. The van der Waals surface area contributed by atoms with Crippen molar-refractivity contribution >= 4 is 0 Å². The van der Waals surface area contributed by atoms with Crippen LogP contribution in [-0.2, 0) is 6.54 Å². The van der Waals surface area contributed by atoms with E-state index in [4.69, 9.17) is 4.74 Å². The van der Waals surface area contributed by atoms with E-state index in [1.54, 1.807) is 6.07 Å². The van der Waals surface area contributed by atoms with E-state index in [1.807, 2.05) is 0 Å². The standard InChI is InChI=1S/C15H21F4NO/c1-11(2)9-20-10-12-4-5-14(13(16)8-12)21-7-3-6-15(17,18)19/h4-5,8,11,20H,3,6-7,9-10H2,1-2H3. The van der Waals surface area contributed by atoms with Crippen molar-refractivity contribution < 1.29 is 22.3 Å². The van der Waals surface area contributed by atoms with Crippen LogP contribution in [-0.4, -0.2) is 19.3 Å². The van der Waals surface area contributed by atoms with Crippen molar-refractivity contribution in [1.82, 2.24) is 5.32 Å². The first-order valence-corrected chi connectivity index (χ1v) is 6.96. The second-order valence-corrected chi connectivity index (χ2v) is 5.36. The summed E-state index contributed by atoms with van der Waals surface area (Å²) in [6.45, 7) is 5.37. The fourth-order valence-electron chi connectivity index (χ4n) is 1.73. The molecule has 0 fully saturated rings. The van der Waals surface area contributed by atoms with Crippen molar-refractivity contribution in [3.63, 3.8) is 0 Å². The molecule has 0 saturated carbocycles. The van der Waals surface area contributed by atoms with Crippen molar-refractivity contribution in [3.05, 3.63) is 29.6 Å². The van der Waals surface area contributed by atoms with Crippen LogP contribution in [0, 0.1) is 11.7 Å². The number of alkyl halides is 3. The van der Waals surface area contributed by atoms with Gasteiger partial charge in [-0.3, -0.25) is 0 Å². The number of rotatable bonds is 8. The molecule has 0 unspecified atom stereocenters. The molecule has 2 nitrogen and oxygen atoms in total. The zero-order valence-corrected chi connectivity index (χ0v) is 12.3. The van der Waals surface area contributed by atoms with Gasteiger partial charge in [-0.2, -0.15) is 13.2 Å². The summed E-state index contributed by atoms with van der Waals surface area (Å²) in [5.74, 6) is -0.0540. The molecule has 0 spiro atoms. The van der Waals surface area contributed by atoms with Crippen LogP contribution in [0.1, 0.15) is 32.3 Å². The van der Waals surface area contributed by atoms with Crippen LogP contribution in [0.25, 0.3) is 0 Å². The highest BCUT2D eigenvalue weighted by atomic mass is 19.4. The van der Waals surface area contributed by atoms with Crippen LogP contribution in [0.3, 0.4) is 0 Å². The number of hydrogen-bond donors (Lipinski definition) is 1. The van der Waals surface area contributed by atoms with Crippen molar-refractivity contribution in [3.8, 4) is 5.75 Å². The van der Waals surface area contributed by atoms with Gasteiger partial charge in [0.1, 0.15) is 0 Å². The lowest BCUT2D eigenvalue weighted by Gasteiger charge is -2.11. The van der Waals surface area contributed by atoms with Gasteiger partial charge in [-0.1, -0.05) is 19.9 Å². The molecular formula is C15H21F4NO. The number of benzene rings is 1. The van der Waals surface area contributed by atoms with Gasteiger partial charge in [0, 0.05) is 13.0 Å². The lowest BCUT2D eigenvalue weighted by atomic mass is 10.2. The molecule has 21 heavy (non-hydrogen) atoms. The maximum absolute atomic E-state index is 13.7. The van der Waals surface area contributed by atoms with Crippen molar-refractivity contribution in [1.29, 1.82) is 0 Å². The fraction of sp³-hybridized carbons (Fsp3) is 0.600. The number of ether oxygens (including phenoxy) is 1. The van der Waals surface area contributed by atoms with E-state index in [9.17, 15) is 17.6 Å². The Bertz CT molecular complexity index is 432. The van der Waals surface area contributed by atoms with Gasteiger partial charge >= 0.3 is 6.18 Å². The first kappa shape index (κ1) is 17.8. The molecule has 0 aliphatic carbocycles. The smallest absolute Gasteiger partial charge is 0.389 e. The fourth-order valence-corrected chi connectivity index (χ4v) is 1.73. The molecule has 0 atom stereocenters. The maximum atomic E-state index is 13.7. The highest BCUT2D eigenvalue weighted by Gasteiger charge is 2.26. The zero-order chi connectivity index (χ0) is 15.9. The van der Waals surface area contributed by atoms with Gasteiger partial charge in [-0.15, -0.1) is 0 Å². The second-order valence-electron chi connectivity index (χ2n) is 5.36. The molecule has 0 aliphatic heterocycles. The second kappa shape index (κ2) is 8.22. The molecule has 1 aromatic carbocycles. The average molecular weight is 307 g/mol. The molecule has 0 amide bonds. The monoisotopic (exact) mass is 307 g/mol. The van der Waals surface area contributed by atoms with Gasteiger partial charge in [0.05, 0.1) is 6.61 Å². The van der Waals surface area contributed by atoms with Crippen molar-refractivity contribution in [2.24, 2.45) is 5.92 Å². The first-order chi connectivity index (χ1) is 9.78. The van der Waals surface area contributed by atoms with Gasteiger partial charge in [0.15, 0.2) is 11.6 Å². The molecular weight excluding hydrogens is 286 g/mol. The number of nitrogens with one attached hydrogen (secondary N) is 1. The molecule has 1 aromatic rings. The van der Waals surface area contributed by atoms with Gasteiger partial charge < -0.3 is 10.1 Å². The minimum atomic E-state index is -4.20. The van der Waals surface area contributed by atoms with E-state index in [0.717, 1.165) is 12.1 Å². The summed E-state index contributed by atoms with van der Waals surface area (Å²) in [6, 6.07) is 4.50. The predicted octanol–water partition coefficient (Wildman–Crippen LogP) is 4.29. The Kier molecular flexibility index (Phi) is 6.95. The Morgan fingerprint density at radius 3 is 2.52 bits per heavy atom. The summed E-state index contributed by atoms with van der Waals surface area (Å²) in [6.07, 6.45) is -5.31. The minimum Gasteiger partial charge on any atom is -0.491 e. The van der Waals surface area contributed by atoms with E-state index in [2.05, 4.69) is 19.2 Å². The van der Waals surface area contributed by atoms with Gasteiger partial charge in [-0.05, 0) is 36.6 Å². The normalized spacial score (nSPS) is 12.0. The SMILES string of the molecule is CC(C)CNCc1ccc(OCCCC(F)(F)F)c(F)c1. The molecule has 120 valence electrons. The predicted molar refractivity (Wildman–Crippen MR) is 73.7 cm³/mol. The zero-order valence-electron chi connectivity index (χ0n) is 12.3. The Labute approximate surface area is 122 Å². The quantitative estimate of drug-likeness (QED) is 0.571. The summed E-state index contributed by atoms with van der Waals surface area (Å²) < 4.78 is 54.6. The molecule has 0 aliphatic rings. The van der Waals surface area contributed by atoms with Crippen LogP contribution >= 0.6 is 0 Å². The minimum absolute atomic E-state index is 0.00946. The largest absolute Gasteiger partial charge is 0.491 e. The van der Waals surface area contributed by atoms with E-state index < -0.39 is 18.4 Å². The average Bonchev–Trinajstić information content (AvgIpc) is 2.35. The molecule has 0 aromatic heterocycles. The molecule has 1 rings (SSSR count). The highest BCUT2D eigenvalue weighted by molar-refractivity contribution is 5.29. The summed E-state index contributed by atoms with van der Waals surface area (Å²) in [7, 11) is 0. The van der Waals surface area contributed by atoms with Gasteiger partial charge in [0.2, 0.25) is 0 Å². The molecule has 0 heterocycles. The van der Waals surface area contributed by atoms with E-state index in [-0.39, 0.29) is 18.8 Å². The van der Waals surface area contributed by atoms with Crippen LogP contribution in [0.15, 0.2) is 18.2 Å². The molecule has 6 heteroatoms. The maximum Gasteiger partial charge on any atom is 0.389 e. The highest BCUT2D eigenvalue weighted by Crippen LogP contribution is 2.22. The Morgan fingerprint density at radius 1 is 1.24 bits per heavy atom. The van der Waals surface area contributed by atoms with Crippen LogP contribution in [0.5, 0.6) is 5.75 Å². The van der Waals surface area contributed by atoms with E-state index in [0.29, 0.717) is 12.5 Å². The molecule has 0 radical (unpaired) electrons. The third-order valence-corrected chi connectivity index (χ3v) is 2.74. The Hall–Kier alpha value is -1.30. The van der Waals surface area contributed by atoms with Gasteiger partial charge in [0.25, 0.3) is 0 Å². The lowest BCUT2D eigenvalue weighted by molar-refractivity contribution is -0.136. The van der Waals surface area contributed by atoms with Gasteiger partial charge in [-0.25, -0.2) is 4.39 Å². The van der Waals surface area contributed by atoms with Crippen LogP contribution in [0.4, 0.5) is 17.6 Å². The van der Waals surface area contributed by atoms with Crippen molar-refractivity contribution in [2.75, 3.05) is 13.2 Å². The molecule has 0 bridgehead atoms. The Morgan fingerprint density at radius 2 is 1.95 bits per heavy atom. The van der Waals surface area contributed by atoms with E-state index >= 15 is 0 Å². The Balaban J connectivity index is 2.39. The molecule has 1 N–H and O–H groups in total. The third kappa shape index (κ3) is 7.90. The summed E-state index contributed by atoms with van der Waals surface area (Å²) in [5, 5.41) is 3.18. The number of halogens is 4. The first-order valence-electron chi connectivity index (χ1n) is 6.96. The lowest BCUT2D eigenvalue weighted by Crippen LogP contribution is -2.19. The number of hydrogen-bond acceptors (Lipinski definition) is 2. The van der Waals surface area contributed by atoms with Crippen LogP contribution < -0.4 is 10.1 Å². The van der Waals surface area contributed by atoms with Crippen molar-refractivity contribution in [2.45, 2.75) is 39.4 Å². The molecule has 0 saturated heterocycles. The summed E-state index contributed by atoms with van der Waals surface area (Å²) >= 11 is 0. The van der Waals surface area contributed by atoms with Crippen LogP contribution in [0.2, 0.25) is 0 Å². The summed E-state index contributed by atoms with van der Waals surface area (Å²) in [5.41, 5.74) is 0.774. The third-order valence-electron chi connectivity index (χ3n) is 2.74. The topological polar surface area (TPSA) is 21.3 Å². The van der Waals surface area contributed by atoms with E-state index in [1.165, 1.54) is 12.1 Å².